The maximum Gasteiger partial charge on any atom is 0.341 e. The van der Waals surface area contributed by atoms with Crippen LogP contribution in [0.3, 0.4) is 0 Å². The van der Waals surface area contributed by atoms with Crippen LogP contribution in [0.2, 0.25) is 0 Å². The van der Waals surface area contributed by atoms with E-state index < -0.39 is 17.4 Å². The molecule has 3 nitrogen and oxygen atoms in total. The average Bonchev–Trinajstić information content (AvgIpc) is 2.22. The number of alkyl halides is 1. The standard InChI is InChI=1S/C10H12FNO2S/c1-3-5-8(10(13)14)15-9(6-12)7(11)4-2/h4-5,7,9H,2-3H2,1H3,(H,13,14)/b8-5-. The molecule has 0 bridgehead atoms. The minimum atomic E-state index is -1.53. The van der Waals surface area contributed by atoms with E-state index >= 15 is 0 Å². The third kappa shape index (κ3) is 4.66. The lowest BCUT2D eigenvalue weighted by Gasteiger charge is -2.10. The Morgan fingerprint density at radius 1 is 1.80 bits per heavy atom. The summed E-state index contributed by atoms with van der Waals surface area (Å²) in [6, 6.07) is 1.71. The number of carboxylic acids is 1. The van der Waals surface area contributed by atoms with E-state index in [-0.39, 0.29) is 4.91 Å². The molecule has 82 valence electrons. The first-order valence-corrected chi connectivity index (χ1v) is 5.21. The molecular formula is C10H12FNO2S. The Morgan fingerprint density at radius 3 is 2.73 bits per heavy atom. The summed E-state index contributed by atoms with van der Waals surface area (Å²) in [5.41, 5.74) is 0. The SMILES string of the molecule is C=CC(F)C(C#N)S/C(=C\CC)C(=O)O. The molecule has 0 saturated heterocycles. The van der Waals surface area contributed by atoms with E-state index in [1.807, 2.05) is 0 Å². The van der Waals surface area contributed by atoms with Gasteiger partial charge in [-0.25, -0.2) is 9.18 Å². The van der Waals surface area contributed by atoms with Gasteiger partial charge in [-0.1, -0.05) is 30.8 Å². The van der Waals surface area contributed by atoms with Gasteiger partial charge < -0.3 is 5.11 Å². The van der Waals surface area contributed by atoms with Crippen LogP contribution < -0.4 is 0 Å². The highest BCUT2D eigenvalue weighted by Gasteiger charge is 2.22. The third-order valence-corrected chi connectivity index (χ3v) is 2.71. The van der Waals surface area contributed by atoms with Crippen molar-refractivity contribution < 1.29 is 14.3 Å². The molecule has 0 aromatic carbocycles. The number of carboxylic acid groups (broad SMARTS) is 1. The Bertz CT molecular complexity index is 309. The highest BCUT2D eigenvalue weighted by Crippen LogP contribution is 2.26. The van der Waals surface area contributed by atoms with Gasteiger partial charge >= 0.3 is 5.97 Å². The van der Waals surface area contributed by atoms with Crippen molar-refractivity contribution in [3.8, 4) is 6.07 Å². The number of nitriles is 1. The highest BCUT2D eigenvalue weighted by molar-refractivity contribution is 8.04. The summed E-state index contributed by atoms with van der Waals surface area (Å²) in [5, 5.41) is 16.3. The van der Waals surface area contributed by atoms with Gasteiger partial charge in [0.2, 0.25) is 0 Å². The van der Waals surface area contributed by atoms with Crippen LogP contribution in [0.1, 0.15) is 13.3 Å². The molecule has 15 heavy (non-hydrogen) atoms. The van der Waals surface area contributed by atoms with Gasteiger partial charge in [0.25, 0.3) is 0 Å². The molecule has 0 radical (unpaired) electrons. The number of carbonyl (C=O) groups is 1. The predicted octanol–water partition coefficient (Wildman–Crippen LogP) is 2.51. The second kappa shape index (κ2) is 7.07. The van der Waals surface area contributed by atoms with E-state index in [2.05, 4.69) is 6.58 Å². The van der Waals surface area contributed by atoms with E-state index in [0.29, 0.717) is 18.2 Å². The molecule has 0 aliphatic carbocycles. The van der Waals surface area contributed by atoms with Crippen LogP contribution in [0.15, 0.2) is 23.6 Å². The summed E-state index contributed by atoms with van der Waals surface area (Å²) < 4.78 is 13.1. The fourth-order valence-electron chi connectivity index (χ4n) is 0.794. The van der Waals surface area contributed by atoms with Crippen LogP contribution in [0.25, 0.3) is 0 Å². The first kappa shape index (κ1) is 13.7. The number of rotatable bonds is 6. The van der Waals surface area contributed by atoms with Crippen molar-refractivity contribution in [2.45, 2.75) is 24.8 Å². The van der Waals surface area contributed by atoms with Crippen molar-refractivity contribution in [2.75, 3.05) is 0 Å². The molecule has 0 aromatic rings. The summed E-state index contributed by atoms with van der Waals surface area (Å²) in [7, 11) is 0. The van der Waals surface area contributed by atoms with E-state index in [4.69, 9.17) is 10.4 Å². The van der Waals surface area contributed by atoms with E-state index in [9.17, 15) is 9.18 Å². The normalized spacial score (nSPS) is 15.1. The zero-order valence-electron chi connectivity index (χ0n) is 8.31. The fourth-order valence-corrected chi connectivity index (χ4v) is 1.73. The Balaban J connectivity index is 4.65. The maximum absolute atomic E-state index is 13.1. The summed E-state index contributed by atoms with van der Waals surface area (Å²) in [6.07, 6.45) is 1.44. The van der Waals surface area contributed by atoms with Crippen LogP contribution in [-0.2, 0) is 4.79 Å². The number of hydrogen-bond donors (Lipinski definition) is 1. The number of halogens is 1. The van der Waals surface area contributed by atoms with Crippen LogP contribution in [0.4, 0.5) is 4.39 Å². The first-order chi connectivity index (χ1) is 7.06. The van der Waals surface area contributed by atoms with Gasteiger partial charge in [-0.15, -0.1) is 6.58 Å². The molecule has 0 amide bonds. The molecule has 0 saturated carbocycles. The van der Waals surface area contributed by atoms with Crippen molar-refractivity contribution in [3.63, 3.8) is 0 Å². The Kier molecular flexibility index (Phi) is 6.47. The molecule has 0 aliphatic rings. The van der Waals surface area contributed by atoms with Crippen LogP contribution in [-0.4, -0.2) is 22.5 Å². The smallest absolute Gasteiger partial charge is 0.341 e. The van der Waals surface area contributed by atoms with Crippen molar-refractivity contribution in [3.05, 3.63) is 23.6 Å². The number of nitrogens with zero attached hydrogens (tertiary/aromatic N) is 1. The van der Waals surface area contributed by atoms with E-state index in [0.717, 1.165) is 6.08 Å². The van der Waals surface area contributed by atoms with Crippen molar-refractivity contribution in [1.29, 1.82) is 5.26 Å². The minimum Gasteiger partial charge on any atom is -0.477 e. The molecule has 2 unspecified atom stereocenters. The quantitative estimate of drug-likeness (QED) is 0.561. The van der Waals surface area contributed by atoms with Gasteiger partial charge in [0, 0.05) is 0 Å². The zero-order valence-corrected chi connectivity index (χ0v) is 9.13. The van der Waals surface area contributed by atoms with Crippen LogP contribution in [0, 0.1) is 11.3 Å². The largest absolute Gasteiger partial charge is 0.477 e. The summed E-state index contributed by atoms with van der Waals surface area (Å²) in [4.78, 5) is 10.7. The lowest BCUT2D eigenvalue weighted by Crippen LogP contribution is -2.15. The molecule has 0 spiro atoms. The number of aliphatic carboxylic acids is 1. The number of thioether (sulfide) groups is 1. The molecule has 1 N–H and O–H groups in total. The summed E-state index contributed by atoms with van der Waals surface area (Å²) in [5.74, 6) is -1.14. The Morgan fingerprint density at radius 2 is 2.40 bits per heavy atom. The highest BCUT2D eigenvalue weighted by atomic mass is 32.2. The molecule has 0 rings (SSSR count). The second-order valence-electron chi connectivity index (χ2n) is 2.63. The monoisotopic (exact) mass is 229 g/mol. The average molecular weight is 229 g/mol. The van der Waals surface area contributed by atoms with Crippen molar-refractivity contribution >= 4 is 17.7 Å². The Hall–Kier alpha value is -1.28. The van der Waals surface area contributed by atoms with Crippen molar-refractivity contribution in [2.24, 2.45) is 0 Å². The number of hydrogen-bond acceptors (Lipinski definition) is 3. The molecule has 0 aromatic heterocycles. The maximum atomic E-state index is 13.1. The molecule has 0 fully saturated rings. The lowest BCUT2D eigenvalue weighted by atomic mass is 10.3. The molecule has 0 heterocycles. The van der Waals surface area contributed by atoms with Gasteiger partial charge in [0.15, 0.2) is 0 Å². The van der Waals surface area contributed by atoms with E-state index in [1.54, 1.807) is 13.0 Å². The van der Waals surface area contributed by atoms with Crippen LogP contribution in [0.5, 0.6) is 0 Å². The molecule has 0 aliphatic heterocycles. The fraction of sp³-hybridized carbons (Fsp3) is 0.400. The molecule has 5 heteroatoms. The minimum absolute atomic E-state index is 0.00597. The predicted molar refractivity (Wildman–Crippen MR) is 58.1 cm³/mol. The van der Waals surface area contributed by atoms with Crippen LogP contribution >= 0.6 is 11.8 Å². The van der Waals surface area contributed by atoms with Gasteiger partial charge in [-0.05, 0) is 6.42 Å². The first-order valence-electron chi connectivity index (χ1n) is 4.33. The topological polar surface area (TPSA) is 61.1 Å². The molecular weight excluding hydrogens is 217 g/mol. The Labute approximate surface area is 92.3 Å². The van der Waals surface area contributed by atoms with E-state index in [1.165, 1.54) is 6.08 Å². The number of allylic oxidation sites excluding steroid dienone is 2. The van der Waals surface area contributed by atoms with Gasteiger partial charge in [-0.3, -0.25) is 0 Å². The lowest BCUT2D eigenvalue weighted by molar-refractivity contribution is -0.131. The van der Waals surface area contributed by atoms with Gasteiger partial charge in [-0.2, -0.15) is 5.26 Å². The zero-order chi connectivity index (χ0) is 11.8. The molecule has 2 atom stereocenters. The van der Waals surface area contributed by atoms with Gasteiger partial charge in [0.05, 0.1) is 11.0 Å². The summed E-state index contributed by atoms with van der Waals surface area (Å²) >= 11 is 0.709. The van der Waals surface area contributed by atoms with Crippen molar-refractivity contribution in [1.82, 2.24) is 0 Å². The third-order valence-electron chi connectivity index (χ3n) is 1.50. The second-order valence-corrected chi connectivity index (χ2v) is 3.81. The summed E-state index contributed by atoms with van der Waals surface area (Å²) in [6.45, 7) is 4.99. The van der Waals surface area contributed by atoms with Gasteiger partial charge in [0.1, 0.15) is 11.4 Å².